The second kappa shape index (κ2) is 8.96. The molecule has 1 aliphatic heterocycles. The van der Waals surface area contributed by atoms with Crippen LogP contribution in [0.2, 0.25) is 0 Å². The molecule has 2 aromatic rings. The van der Waals surface area contributed by atoms with E-state index in [0.29, 0.717) is 11.3 Å². The van der Waals surface area contributed by atoms with Gasteiger partial charge in [0.1, 0.15) is 11.3 Å². The molecule has 3 rings (SSSR count). The van der Waals surface area contributed by atoms with Crippen molar-refractivity contribution in [2.24, 2.45) is 0 Å². The summed E-state index contributed by atoms with van der Waals surface area (Å²) in [6, 6.07) is 6.78. The van der Waals surface area contributed by atoms with E-state index in [9.17, 15) is 29.9 Å². The van der Waals surface area contributed by atoms with Crippen LogP contribution in [0, 0.1) is 17.0 Å². The summed E-state index contributed by atoms with van der Waals surface area (Å²) in [6.07, 6.45) is 1.92. The van der Waals surface area contributed by atoms with Crippen molar-refractivity contribution < 1.29 is 24.7 Å². The van der Waals surface area contributed by atoms with Crippen LogP contribution in [0.3, 0.4) is 0 Å². The highest BCUT2D eigenvalue weighted by atomic mass is 32.1. The first-order valence-corrected chi connectivity index (χ1v) is 9.81. The average Bonchev–Trinajstić information content (AvgIpc) is 3.24. The van der Waals surface area contributed by atoms with Crippen LogP contribution in [0.25, 0.3) is 0 Å². The second-order valence-corrected chi connectivity index (χ2v) is 7.46. The number of carboxylic acid groups (broad SMARTS) is 1. The van der Waals surface area contributed by atoms with Gasteiger partial charge >= 0.3 is 5.97 Å². The van der Waals surface area contributed by atoms with Gasteiger partial charge in [-0.1, -0.05) is 0 Å². The maximum Gasteiger partial charge on any atom is 0.339 e. The van der Waals surface area contributed by atoms with E-state index >= 15 is 0 Å². The lowest BCUT2D eigenvalue weighted by Gasteiger charge is -2.21. The summed E-state index contributed by atoms with van der Waals surface area (Å²) >= 11 is 5.16. The number of hydrogen-bond donors (Lipinski definition) is 4. The number of aromatic carboxylic acids is 1. The third-order valence-electron chi connectivity index (χ3n) is 4.90. The van der Waals surface area contributed by atoms with E-state index in [-0.39, 0.29) is 33.4 Å². The van der Waals surface area contributed by atoms with Crippen LogP contribution < -0.4 is 15.5 Å². The van der Waals surface area contributed by atoms with Gasteiger partial charge in [-0.15, -0.1) is 0 Å². The first-order valence-electron chi connectivity index (χ1n) is 9.40. The van der Waals surface area contributed by atoms with Crippen molar-refractivity contribution in [3.05, 3.63) is 57.1 Å². The highest BCUT2D eigenvalue weighted by Crippen LogP contribution is 2.29. The highest BCUT2D eigenvalue weighted by Gasteiger charge is 2.23. The lowest BCUT2D eigenvalue weighted by Crippen LogP contribution is -2.35. The van der Waals surface area contributed by atoms with Crippen LogP contribution in [-0.4, -0.2) is 45.2 Å². The lowest BCUT2D eigenvalue weighted by molar-refractivity contribution is -0.384. The molecule has 0 aliphatic carbocycles. The molecule has 1 amide bonds. The third-order valence-corrected chi connectivity index (χ3v) is 5.10. The van der Waals surface area contributed by atoms with Gasteiger partial charge in [-0.25, -0.2) is 4.79 Å². The molecule has 31 heavy (non-hydrogen) atoms. The molecule has 1 fully saturated rings. The normalized spacial score (nSPS) is 13.0. The Labute approximate surface area is 182 Å². The molecular weight excluding hydrogens is 424 g/mol. The molecule has 4 N–H and O–H groups in total. The minimum Gasteiger partial charge on any atom is -0.507 e. The number of amides is 1. The Morgan fingerprint density at radius 3 is 2.45 bits per heavy atom. The van der Waals surface area contributed by atoms with Crippen LogP contribution in [0.15, 0.2) is 30.3 Å². The van der Waals surface area contributed by atoms with Gasteiger partial charge in [0.25, 0.3) is 11.6 Å². The summed E-state index contributed by atoms with van der Waals surface area (Å²) in [4.78, 5) is 36.7. The van der Waals surface area contributed by atoms with Gasteiger partial charge in [0.05, 0.1) is 16.2 Å². The summed E-state index contributed by atoms with van der Waals surface area (Å²) in [5.74, 6) is -2.30. The number of carbonyl (C=O) groups is 2. The summed E-state index contributed by atoms with van der Waals surface area (Å²) in [5, 5.41) is 35.3. The molecule has 162 valence electrons. The Hall–Kier alpha value is -3.73. The summed E-state index contributed by atoms with van der Waals surface area (Å²) in [7, 11) is 0. The van der Waals surface area contributed by atoms with Crippen LogP contribution in [0.4, 0.5) is 17.1 Å². The number of rotatable bonds is 5. The number of carbonyl (C=O) groups excluding carboxylic acids is 1. The van der Waals surface area contributed by atoms with Crippen molar-refractivity contribution in [1.82, 2.24) is 5.32 Å². The Kier molecular flexibility index (Phi) is 6.35. The van der Waals surface area contributed by atoms with E-state index < -0.39 is 16.8 Å². The molecule has 0 aromatic heterocycles. The van der Waals surface area contributed by atoms with E-state index in [1.54, 1.807) is 6.07 Å². The topological polar surface area (TPSA) is 145 Å². The Morgan fingerprint density at radius 1 is 1.16 bits per heavy atom. The number of nitrogens with zero attached hydrogens (tertiary/aromatic N) is 2. The van der Waals surface area contributed by atoms with E-state index in [1.807, 2.05) is 4.90 Å². The molecule has 0 unspecified atom stereocenters. The monoisotopic (exact) mass is 444 g/mol. The van der Waals surface area contributed by atoms with Crippen molar-refractivity contribution >= 4 is 46.3 Å². The summed E-state index contributed by atoms with van der Waals surface area (Å²) in [6.45, 7) is 3.01. The van der Waals surface area contributed by atoms with E-state index in [1.165, 1.54) is 31.2 Å². The number of carboxylic acids is 1. The number of hydrogen-bond acceptors (Lipinski definition) is 7. The average molecular weight is 444 g/mol. The van der Waals surface area contributed by atoms with Crippen molar-refractivity contribution in [3.8, 4) is 5.75 Å². The second-order valence-electron chi connectivity index (χ2n) is 7.06. The maximum absolute atomic E-state index is 12.9. The highest BCUT2D eigenvalue weighted by molar-refractivity contribution is 7.80. The number of non-ortho nitro benzene ring substituents is 1. The Morgan fingerprint density at radius 2 is 1.84 bits per heavy atom. The zero-order valence-electron chi connectivity index (χ0n) is 16.5. The smallest absolute Gasteiger partial charge is 0.339 e. The molecule has 1 heterocycles. The quantitative estimate of drug-likeness (QED) is 0.237. The minimum absolute atomic E-state index is 0.119. The van der Waals surface area contributed by atoms with Crippen LogP contribution >= 0.6 is 12.2 Å². The molecule has 0 spiro atoms. The first kappa shape index (κ1) is 22.0. The zero-order chi connectivity index (χ0) is 22.7. The van der Waals surface area contributed by atoms with Crippen molar-refractivity contribution in [2.45, 2.75) is 19.8 Å². The van der Waals surface area contributed by atoms with Crippen LogP contribution in [-0.2, 0) is 0 Å². The van der Waals surface area contributed by atoms with E-state index in [0.717, 1.165) is 25.9 Å². The fourth-order valence-corrected chi connectivity index (χ4v) is 3.61. The van der Waals surface area contributed by atoms with Gasteiger partial charge in [0, 0.05) is 30.9 Å². The number of nitrogens with one attached hydrogen (secondary N) is 2. The third kappa shape index (κ3) is 4.89. The number of nitro groups is 1. The fourth-order valence-electron chi connectivity index (χ4n) is 3.40. The first-order chi connectivity index (χ1) is 14.7. The summed E-state index contributed by atoms with van der Waals surface area (Å²) < 4.78 is 0. The molecule has 10 nitrogen and oxygen atoms in total. The largest absolute Gasteiger partial charge is 0.507 e. The lowest BCUT2D eigenvalue weighted by atomic mass is 10.1. The summed E-state index contributed by atoms with van der Waals surface area (Å²) in [5.41, 5.74) is 0.743. The van der Waals surface area contributed by atoms with Gasteiger partial charge < -0.3 is 20.4 Å². The maximum atomic E-state index is 12.9. The number of benzene rings is 2. The van der Waals surface area contributed by atoms with E-state index in [2.05, 4.69) is 10.6 Å². The molecule has 0 saturated carbocycles. The number of anilines is 2. The van der Waals surface area contributed by atoms with Crippen molar-refractivity contribution in [2.75, 3.05) is 23.3 Å². The standard InChI is InChI=1S/C20H20N4O6S/c1-11-8-12(9-15(17(11)25)19(27)28)21-20(31)22-18(26)14-10-13(24(29)30)4-5-16(14)23-6-2-3-7-23/h4-5,8-10,25H,2-3,6-7H2,1H3,(H,27,28)(H2,21,22,26,31). The number of nitro benzene ring substituents is 1. The van der Waals surface area contributed by atoms with Gasteiger partial charge in [0.2, 0.25) is 0 Å². The Bertz CT molecular complexity index is 1080. The molecule has 1 aliphatic rings. The number of aryl methyl sites for hydroxylation is 1. The molecule has 11 heteroatoms. The predicted octanol–water partition coefficient (Wildman–Crippen LogP) is 3.03. The van der Waals surface area contributed by atoms with Gasteiger partial charge in [-0.2, -0.15) is 0 Å². The molecule has 0 radical (unpaired) electrons. The molecule has 0 bridgehead atoms. The van der Waals surface area contributed by atoms with Gasteiger partial charge in [-0.3, -0.25) is 20.2 Å². The molecule has 0 atom stereocenters. The molecule has 2 aromatic carbocycles. The Balaban J connectivity index is 1.82. The number of thiocarbonyl (C=S) groups is 1. The van der Waals surface area contributed by atoms with Gasteiger partial charge in [0.15, 0.2) is 5.11 Å². The molecular formula is C20H20N4O6S. The van der Waals surface area contributed by atoms with Gasteiger partial charge in [-0.05, 0) is 55.7 Å². The predicted molar refractivity (Wildman–Crippen MR) is 118 cm³/mol. The van der Waals surface area contributed by atoms with Crippen LogP contribution in [0.1, 0.15) is 39.1 Å². The zero-order valence-corrected chi connectivity index (χ0v) is 17.4. The minimum atomic E-state index is -1.31. The fraction of sp³-hybridized carbons (Fsp3) is 0.250. The van der Waals surface area contributed by atoms with Crippen molar-refractivity contribution in [1.29, 1.82) is 0 Å². The van der Waals surface area contributed by atoms with E-state index in [4.69, 9.17) is 12.2 Å². The van der Waals surface area contributed by atoms with Crippen LogP contribution in [0.5, 0.6) is 5.75 Å². The van der Waals surface area contributed by atoms with Crippen molar-refractivity contribution in [3.63, 3.8) is 0 Å². The SMILES string of the molecule is Cc1cc(NC(=S)NC(=O)c2cc([N+](=O)[O-])ccc2N2CCCC2)cc(C(=O)O)c1O. The molecule has 1 saturated heterocycles. The number of aromatic hydroxyl groups is 1. The number of phenols is 1.